The third-order valence-corrected chi connectivity index (χ3v) is 4.41. The molecule has 2 nitrogen and oxygen atoms in total. The van der Waals surface area contributed by atoms with Crippen LogP contribution in [-0.4, -0.2) is 15.4 Å². The second-order valence-electron chi connectivity index (χ2n) is 2.88. The molecule has 1 aliphatic carbocycles. The zero-order chi connectivity index (χ0) is 7.61. The SMILES string of the molecule is OP(O)(=S)C1CCCCC1. The number of rotatable bonds is 1. The third kappa shape index (κ3) is 2.31. The van der Waals surface area contributed by atoms with Crippen molar-refractivity contribution in [1.82, 2.24) is 0 Å². The maximum absolute atomic E-state index is 9.12. The molecule has 0 radical (unpaired) electrons. The fraction of sp³-hybridized carbons (Fsp3) is 1.00. The first-order chi connectivity index (χ1) is 4.61. The molecule has 4 heteroatoms. The summed E-state index contributed by atoms with van der Waals surface area (Å²) in [5.41, 5.74) is 0.0382. The van der Waals surface area contributed by atoms with E-state index in [2.05, 4.69) is 11.8 Å². The fourth-order valence-electron chi connectivity index (χ4n) is 1.42. The zero-order valence-corrected chi connectivity index (χ0v) is 7.57. The molecular formula is C6H13O2PS. The normalized spacial score (nSPS) is 23.0. The van der Waals surface area contributed by atoms with Gasteiger partial charge in [-0.1, -0.05) is 19.3 Å². The molecule has 0 bridgehead atoms. The van der Waals surface area contributed by atoms with Gasteiger partial charge in [-0.2, -0.15) is 0 Å². The lowest BCUT2D eigenvalue weighted by atomic mass is 10.0. The monoisotopic (exact) mass is 180 g/mol. The van der Waals surface area contributed by atoms with Crippen LogP contribution in [0.15, 0.2) is 0 Å². The van der Waals surface area contributed by atoms with E-state index in [0.29, 0.717) is 0 Å². The van der Waals surface area contributed by atoms with E-state index in [-0.39, 0.29) is 5.66 Å². The van der Waals surface area contributed by atoms with Crippen LogP contribution in [-0.2, 0) is 11.8 Å². The molecule has 60 valence electrons. The smallest absolute Gasteiger partial charge is 0.186 e. The van der Waals surface area contributed by atoms with Crippen molar-refractivity contribution < 1.29 is 9.79 Å². The Morgan fingerprint density at radius 3 is 1.90 bits per heavy atom. The fourth-order valence-corrected chi connectivity index (χ4v) is 3.09. The lowest BCUT2D eigenvalue weighted by molar-refractivity contribution is 0.417. The van der Waals surface area contributed by atoms with Crippen LogP contribution in [0.4, 0.5) is 0 Å². The van der Waals surface area contributed by atoms with Gasteiger partial charge in [-0.3, -0.25) is 0 Å². The van der Waals surface area contributed by atoms with Crippen molar-refractivity contribution in [2.45, 2.75) is 37.8 Å². The molecule has 1 aliphatic rings. The van der Waals surface area contributed by atoms with Crippen LogP contribution in [0.5, 0.6) is 0 Å². The van der Waals surface area contributed by atoms with Crippen molar-refractivity contribution in [1.29, 1.82) is 0 Å². The van der Waals surface area contributed by atoms with Gasteiger partial charge in [0, 0.05) is 5.66 Å². The number of hydrogen-bond acceptors (Lipinski definition) is 1. The zero-order valence-electron chi connectivity index (χ0n) is 5.86. The summed E-state index contributed by atoms with van der Waals surface area (Å²) in [6, 6.07) is 0. The second kappa shape index (κ2) is 3.31. The van der Waals surface area contributed by atoms with Gasteiger partial charge in [0.15, 0.2) is 6.49 Å². The summed E-state index contributed by atoms with van der Waals surface area (Å²) in [7, 11) is 0. The number of hydrogen-bond donors (Lipinski definition) is 2. The largest absolute Gasteiger partial charge is 0.345 e. The van der Waals surface area contributed by atoms with Crippen LogP contribution in [0, 0.1) is 0 Å². The van der Waals surface area contributed by atoms with Crippen LogP contribution in [0.25, 0.3) is 0 Å². The lowest BCUT2D eigenvalue weighted by Gasteiger charge is -2.24. The summed E-state index contributed by atoms with van der Waals surface area (Å²) in [6.45, 7) is -2.91. The predicted octanol–water partition coefficient (Wildman–Crippen LogP) is 1.61. The molecule has 10 heavy (non-hydrogen) atoms. The molecule has 1 fully saturated rings. The first-order valence-corrected chi connectivity index (χ1v) is 6.43. The van der Waals surface area contributed by atoms with Crippen molar-refractivity contribution in [3.8, 4) is 0 Å². The van der Waals surface area contributed by atoms with E-state index < -0.39 is 6.49 Å². The molecule has 0 aliphatic heterocycles. The van der Waals surface area contributed by atoms with Crippen molar-refractivity contribution in [3.63, 3.8) is 0 Å². The van der Waals surface area contributed by atoms with Gasteiger partial charge in [0.25, 0.3) is 0 Å². The molecule has 0 aromatic heterocycles. The van der Waals surface area contributed by atoms with Gasteiger partial charge >= 0.3 is 0 Å². The third-order valence-electron chi connectivity index (χ3n) is 2.05. The van der Waals surface area contributed by atoms with Crippen molar-refractivity contribution in [3.05, 3.63) is 0 Å². The van der Waals surface area contributed by atoms with Gasteiger partial charge in [0.05, 0.1) is 0 Å². The van der Waals surface area contributed by atoms with E-state index in [4.69, 9.17) is 9.79 Å². The van der Waals surface area contributed by atoms with E-state index in [1.165, 1.54) is 6.42 Å². The van der Waals surface area contributed by atoms with Crippen LogP contribution >= 0.6 is 6.49 Å². The van der Waals surface area contributed by atoms with Gasteiger partial charge in [0.2, 0.25) is 0 Å². The Kier molecular flexibility index (Phi) is 2.87. The Morgan fingerprint density at radius 1 is 1.10 bits per heavy atom. The lowest BCUT2D eigenvalue weighted by Crippen LogP contribution is -2.12. The maximum atomic E-state index is 9.12. The van der Waals surface area contributed by atoms with Crippen LogP contribution in [0.1, 0.15) is 32.1 Å². The molecule has 0 saturated heterocycles. The highest BCUT2D eigenvalue weighted by molar-refractivity contribution is 8.09. The van der Waals surface area contributed by atoms with E-state index in [0.717, 1.165) is 25.7 Å². The average Bonchev–Trinajstić information content (AvgIpc) is 1.88. The predicted molar refractivity (Wildman–Crippen MR) is 45.6 cm³/mol. The van der Waals surface area contributed by atoms with Crippen molar-refractivity contribution in [2.24, 2.45) is 0 Å². The summed E-state index contributed by atoms with van der Waals surface area (Å²) in [4.78, 5) is 18.2. The molecule has 0 spiro atoms. The van der Waals surface area contributed by atoms with Crippen LogP contribution < -0.4 is 0 Å². The Bertz CT molecular complexity index is 148. The first kappa shape index (κ1) is 8.66. The Morgan fingerprint density at radius 2 is 1.60 bits per heavy atom. The van der Waals surface area contributed by atoms with Crippen molar-refractivity contribution in [2.75, 3.05) is 0 Å². The minimum Gasteiger partial charge on any atom is -0.345 e. The Hall–Kier alpha value is 0.570. The van der Waals surface area contributed by atoms with E-state index >= 15 is 0 Å². The van der Waals surface area contributed by atoms with Gasteiger partial charge in [-0.05, 0) is 24.6 Å². The standard InChI is InChI=1S/C6H13O2PS/c7-9(8,10)6-4-2-1-3-5-6/h6H,1-5H2,(H2,7,8,10). The van der Waals surface area contributed by atoms with Gasteiger partial charge in [-0.15, -0.1) is 0 Å². The molecule has 0 amide bonds. The van der Waals surface area contributed by atoms with E-state index in [1.807, 2.05) is 0 Å². The molecule has 0 heterocycles. The highest BCUT2D eigenvalue weighted by atomic mass is 32.5. The summed E-state index contributed by atoms with van der Waals surface area (Å²) in [5, 5.41) is 0. The molecule has 0 aromatic rings. The average molecular weight is 180 g/mol. The highest BCUT2D eigenvalue weighted by Crippen LogP contribution is 2.48. The summed E-state index contributed by atoms with van der Waals surface area (Å²) in [6.07, 6.45) is 5.30. The molecular weight excluding hydrogens is 167 g/mol. The topological polar surface area (TPSA) is 40.5 Å². The van der Waals surface area contributed by atoms with Gasteiger partial charge in [-0.25, -0.2) is 0 Å². The Labute approximate surface area is 66.4 Å². The first-order valence-electron chi connectivity index (χ1n) is 3.66. The summed E-state index contributed by atoms with van der Waals surface area (Å²) >= 11 is 4.63. The van der Waals surface area contributed by atoms with E-state index in [9.17, 15) is 0 Å². The second-order valence-corrected chi connectivity index (χ2v) is 6.40. The quantitative estimate of drug-likeness (QED) is 0.602. The van der Waals surface area contributed by atoms with Crippen LogP contribution in [0.2, 0.25) is 0 Å². The van der Waals surface area contributed by atoms with Crippen LogP contribution in [0.3, 0.4) is 0 Å². The minimum absolute atomic E-state index is 0.0382. The summed E-state index contributed by atoms with van der Waals surface area (Å²) < 4.78 is 0. The summed E-state index contributed by atoms with van der Waals surface area (Å²) in [5.74, 6) is 0. The van der Waals surface area contributed by atoms with Gasteiger partial charge in [0.1, 0.15) is 0 Å². The van der Waals surface area contributed by atoms with Crippen molar-refractivity contribution >= 4 is 18.3 Å². The molecule has 0 unspecified atom stereocenters. The molecule has 0 aromatic carbocycles. The molecule has 1 rings (SSSR count). The Balaban J connectivity index is 2.47. The van der Waals surface area contributed by atoms with Gasteiger partial charge < -0.3 is 9.79 Å². The van der Waals surface area contributed by atoms with E-state index in [1.54, 1.807) is 0 Å². The highest BCUT2D eigenvalue weighted by Gasteiger charge is 2.25. The molecule has 2 N–H and O–H groups in total. The molecule has 0 atom stereocenters. The minimum atomic E-state index is -2.91. The molecule has 1 saturated carbocycles. The maximum Gasteiger partial charge on any atom is 0.186 e.